The Morgan fingerprint density at radius 3 is 2.45 bits per heavy atom. The number of benzene rings is 2. The zero-order chi connectivity index (χ0) is 22.3. The zero-order valence-corrected chi connectivity index (χ0v) is 18.5. The molecule has 0 unspecified atom stereocenters. The number of hydrogen-bond donors (Lipinski definition) is 1. The molecule has 1 fully saturated rings. The summed E-state index contributed by atoms with van der Waals surface area (Å²) in [7, 11) is -3.62. The third-order valence-corrected chi connectivity index (χ3v) is 7.34. The molecule has 0 atom stereocenters. The van der Waals surface area contributed by atoms with Gasteiger partial charge in [0.2, 0.25) is 15.9 Å². The van der Waals surface area contributed by atoms with Crippen molar-refractivity contribution in [2.45, 2.75) is 31.9 Å². The van der Waals surface area contributed by atoms with Gasteiger partial charge in [-0.1, -0.05) is 37.3 Å². The molecule has 1 N–H and O–H groups in total. The molecule has 31 heavy (non-hydrogen) atoms. The van der Waals surface area contributed by atoms with Crippen LogP contribution in [0, 0.1) is 11.7 Å². The van der Waals surface area contributed by atoms with Gasteiger partial charge in [-0.2, -0.15) is 0 Å². The fraction of sp³-hybridized carbons (Fsp3) is 0.435. The number of halogens is 1. The Morgan fingerprint density at radius 2 is 1.81 bits per heavy atom. The van der Waals surface area contributed by atoms with Crippen molar-refractivity contribution in [1.29, 1.82) is 0 Å². The van der Waals surface area contributed by atoms with Gasteiger partial charge in [-0.3, -0.25) is 4.79 Å². The number of carbonyl (C=O) groups is 1. The largest absolute Gasteiger partial charge is 0.492 e. The van der Waals surface area contributed by atoms with E-state index in [1.165, 1.54) is 28.1 Å². The number of nitrogens with zero attached hydrogens (tertiary/aromatic N) is 1. The van der Waals surface area contributed by atoms with Gasteiger partial charge in [0, 0.05) is 24.6 Å². The molecule has 0 spiro atoms. The molecule has 3 rings (SSSR count). The van der Waals surface area contributed by atoms with Crippen molar-refractivity contribution in [1.82, 2.24) is 9.62 Å². The van der Waals surface area contributed by atoms with Gasteiger partial charge in [-0.25, -0.2) is 17.1 Å². The van der Waals surface area contributed by atoms with E-state index in [1.54, 1.807) is 6.07 Å². The third kappa shape index (κ3) is 6.51. The number of hydrogen-bond acceptors (Lipinski definition) is 4. The molecule has 0 radical (unpaired) electrons. The number of aryl methyl sites for hydroxylation is 1. The lowest BCUT2D eigenvalue weighted by molar-refractivity contribution is -0.126. The van der Waals surface area contributed by atoms with E-state index in [9.17, 15) is 17.6 Å². The molecule has 0 saturated carbocycles. The predicted molar refractivity (Wildman–Crippen MR) is 118 cm³/mol. The summed E-state index contributed by atoms with van der Waals surface area (Å²) in [5.41, 5.74) is 1.40. The van der Waals surface area contributed by atoms with Gasteiger partial charge in [0.25, 0.3) is 0 Å². The van der Waals surface area contributed by atoms with Crippen molar-refractivity contribution in [3.05, 3.63) is 65.5 Å². The van der Waals surface area contributed by atoms with Crippen LogP contribution in [0.1, 0.15) is 30.9 Å². The van der Waals surface area contributed by atoms with Crippen molar-refractivity contribution in [2.24, 2.45) is 5.92 Å². The van der Waals surface area contributed by atoms with E-state index in [-0.39, 0.29) is 36.2 Å². The molecule has 168 valence electrons. The van der Waals surface area contributed by atoms with Crippen LogP contribution in [-0.4, -0.2) is 44.9 Å². The van der Waals surface area contributed by atoms with E-state index in [4.69, 9.17) is 4.74 Å². The van der Waals surface area contributed by atoms with Crippen LogP contribution in [0.15, 0.2) is 48.5 Å². The third-order valence-electron chi connectivity index (χ3n) is 5.52. The zero-order valence-electron chi connectivity index (χ0n) is 17.7. The summed E-state index contributed by atoms with van der Waals surface area (Å²) in [6.45, 7) is 3.37. The molecule has 1 saturated heterocycles. The lowest BCUT2D eigenvalue weighted by Gasteiger charge is -2.30. The van der Waals surface area contributed by atoms with Crippen molar-refractivity contribution < 1.29 is 22.3 Å². The molecule has 0 aliphatic carbocycles. The molecule has 2 aromatic carbocycles. The maximum absolute atomic E-state index is 13.8. The summed E-state index contributed by atoms with van der Waals surface area (Å²) in [6, 6.07) is 13.7. The van der Waals surface area contributed by atoms with Crippen LogP contribution < -0.4 is 10.1 Å². The van der Waals surface area contributed by atoms with Crippen molar-refractivity contribution in [3.8, 4) is 5.75 Å². The highest BCUT2D eigenvalue weighted by Crippen LogP contribution is 2.22. The maximum atomic E-state index is 13.8. The summed E-state index contributed by atoms with van der Waals surface area (Å²) >= 11 is 0. The van der Waals surface area contributed by atoms with E-state index in [2.05, 4.69) is 12.2 Å². The minimum atomic E-state index is -3.62. The van der Waals surface area contributed by atoms with Gasteiger partial charge in [0.1, 0.15) is 18.2 Å². The van der Waals surface area contributed by atoms with E-state index in [0.29, 0.717) is 26.0 Å². The van der Waals surface area contributed by atoms with E-state index in [0.717, 1.165) is 12.2 Å². The number of nitrogens with one attached hydrogen (secondary N) is 1. The van der Waals surface area contributed by atoms with Crippen LogP contribution in [0.25, 0.3) is 0 Å². The van der Waals surface area contributed by atoms with Crippen molar-refractivity contribution in [2.75, 3.05) is 26.2 Å². The van der Waals surface area contributed by atoms with Crippen LogP contribution >= 0.6 is 0 Å². The SMILES string of the molecule is CCc1ccc(OCCNC(=O)C2CCN(S(=O)(=O)Cc3ccccc3F)CC2)cc1. The quantitative estimate of drug-likeness (QED) is 0.598. The minimum absolute atomic E-state index is 0.0870. The van der Waals surface area contributed by atoms with Crippen molar-refractivity contribution in [3.63, 3.8) is 0 Å². The highest BCUT2D eigenvalue weighted by molar-refractivity contribution is 7.88. The molecule has 0 aromatic heterocycles. The van der Waals surface area contributed by atoms with Gasteiger partial charge in [0.05, 0.1) is 12.3 Å². The second-order valence-electron chi connectivity index (χ2n) is 7.66. The summed E-state index contributed by atoms with van der Waals surface area (Å²) < 4.78 is 46.0. The van der Waals surface area contributed by atoms with Crippen LogP contribution in [0.5, 0.6) is 5.75 Å². The van der Waals surface area contributed by atoms with Crippen LogP contribution in [0.4, 0.5) is 4.39 Å². The molecule has 8 heteroatoms. The van der Waals surface area contributed by atoms with E-state index >= 15 is 0 Å². The molecular weight excluding hydrogens is 419 g/mol. The number of piperidine rings is 1. The Kier molecular flexibility index (Phi) is 8.03. The van der Waals surface area contributed by atoms with Crippen LogP contribution in [0.2, 0.25) is 0 Å². The molecule has 1 heterocycles. The Balaban J connectivity index is 1.40. The average molecular weight is 449 g/mol. The molecule has 0 bridgehead atoms. The first-order chi connectivity index (χ1) is 14.9. The van der Waals surface area contributed by atoms with E-state index < -0.39 is 15.8 Å². The summed E-state index contributed by atoms with van der Waals surface area (Å²) in [5, 5.41) is 2.86. The molecule has 1 aliphatic rings. The van der Waals surface area contributed by atoms with Gasteiger partial charge in [-0.05, 0) is 43.0 Å². The fourth-order valence-electron chi connectivity index (χ4n) is 3.61. The number of carbonyl (C=O) groups excluding carboxylic acids is 1. The Labute approximate surface area is 183 Å². The lowest BCUT2D eigenvalue weighted by atomic mass is 9.97. The molecule has 1 amide bonds. The molecule has 1 aliphatic heterocycles. The molecular formula is C23H29FN2O4S. The lowest BCUT2D eigenvalue weighted by Crippen LogP contribution is -2.44. The van der Waals surface area contributed by atoms with Crippen LogP contribution in [-0.2, 0) is 27.0 Å². The first kappa shape index (κ1) is 23.2. The molecule has 6 nitrogen and oxygen atoms in total. The number of rotatable bonds is 9. The van der Waals surface area contributed by atoms with Gasteiger partial charge >= 0.3 is 0 Å². The van der Waals surface area contributed by atoms with E-state index in [1.807, 2.05) is 24.3 Å². The van der Waals surface area contributed by atoms with Gasteiger partial charge in [-0.15, -0.1) is 0 Å². The maximum Gasteiger partial charge on any atom is 0.223 e. The summed E-state index contributed by atoms with van der Waals surface area (Å²) in [5.74, 6) is -0.448. The highest BCUT2D eigenvalue weighted by atomic mass is 32.2. The first-order valence-corrected chi connectivity index (χ1v) is 12.2. The minimum Gasteiger partial charge on any atom is -0.492 e. The second-order valence-corrected chi connectivity index (χ2v) is 9.63. The second kappa shape index (κ2) is 10.7. The number of amides is 1. The highest BCUT2D eigenvalue weighted by Gasteiger charge is 2.31. The van der Waals surface area contributed by atoms with Gasteiger partial charge < -0.3 is 10.1 Å². The first-order valence-electron chi connectivity index (χ1n) is 10.6. The summed E-state index contributed by atoms with van der Waals surface area (Å²) in [6.07, 6.45) is 1.86. The average Bonchev–Trinajstić information content (AvgIpc) is 2.78. The Bertz CT molecular complexity index is 971. The number of ether oxygens (including phenoxy) is 1. The number of sulfonamides is 1. The van der Waals surface area contributed by atoms with Crippen molar-refractivity contribution >= 4 is 15.9 Å². The normalized spacial score (nSPS) is 15.5. The van der Waals surface area contributed by atoms with Gasteiger partial charge in [0.15, 0.2) is 0 Å². The smallest absolute Gasteiger partial charge is 0.223 e. The Hall–Kier alpha value is -2.45. The Morgan fingerprint density at radius 1 is 1.13 bits per heavy atom. The standard InChI is InChI=1S/C23H29FN2O4S/c1-2-18-7-9-21(10-8-18)30-16-13-25-23(27)19-11-14-26(15-12-19)31(28,29)17-20-5-3-4-6-22(20)24/h3-10,19H,2,11-17H2,1H3,(H,25,27). The van der Waals surface area contributed by atoms with Crippen LogP contribution in [0.3, 0.4) is 0 Å². The predicted octanol–water partition coefficient (Wildman–Crippen LogP) is 3.13. The topological polar surface area (TPSA) is 75.7 Å². The monoisotopic (exact) mass is 448 g/mol. The fourth-order valence-corrected chi connectivity index (χ4v) is 5.19. The summed E-state index contributed by atoms with van der Waals surface area (Å²) in [4.78, 5) is 12.4. The molecule has 2 aromatic rings.